The summed E-state index contributed by atoms with van der Waals surface area (Å²) in [7, 11) is 0. The number of halogens is 2. The molecule has 4 aliphatic rings. The normalized spacial score (nSPS) is 33.1. The lowest BCUT2D eigenvalue weighted by atomic mass is 9.70. The Morgan fingerprint density at radius 3 is 2.38 bits per heavy atom. The molecule has 0 N–H and O–H groups in total. The molecule has 1 aromatic rings. The van der Waals surface area contributed by atoms with Crippen LogP contribution in [0.4, 0.5) is 8.78 Å². The lowest BCUT2D eigenvalue weighted by Crippen LogP contribution is -2.33. The van der Waals surface area contributed by atoms with Crippen LogP contribution in [0.2, 0.25) is 0 Å². The van der Waals surface area contributed by atoms with Crippen molar-refractivity contribution < 1.29 is 18.3 Å². The van der Waals surface area contributed by atoms with Crippen LogP contribution in [-0.4, -0.2) is 36.4 Å². The van der Waals surface area contributed by atoms with Gasteiger partial charge in [-0.3, -0.25) is 4.79 Å². The zero-order valence-corrected chi connectivity index (χ0v) is 17.3. The first-order valence-electron chi connectivity index (χ1n) is 11.2. The van der Waals surface area contributed by atoms with Crippen LogP contribution >= 0.6 is 0 Å². The third kappa shape index (κ3) is 3.55. The van der Waals surface area contributed by atoms with E-state index in [2.05, 4.69) is 6.92 Å². The molecule has 3 nitrogen and oxygen atoms in total. The summed E-state index contributed by atoms with van der Waals surface area (Å²) in [5.74, 6) is -0.940. The first-order chi connectivity index (χ1) is 13.8. The largest absolute Gasteiger partial charge is 0.493 e. The van der Waals surface area contributed by atoms with E-state index in [0.717, 1.165) is 68.5 Å². The predicted octanol–water partition coefficient (Wildman–Crippen LogP) is 5.78. The van der Waals surface area contributed by atoms with E-state index in [1.165, 1.54) is 0 Å². The second-order valence-corrected chi connectivity index (χ2v) is 10.3. The van der Waals surface area contributed by atoms with Crippen LogP contribution in [0, 0.1) is 10.8 Å². The third-order valence-electron chi connectivity index (χ3n) is 7.87. The first kappa shape index (κ1) is 19.3. The monoisotopic (exact) mass is 403 g/mol. The summed E-state index contributed by atoms with van der Waals surface area (Å²) in [4.78, 5) is 14.7. The molecule has 0 bridgehead atoms. The molecule has 1 aromatic carbocycles. The molecule has 0 aromatic heterocycles. The standard InChI is InChI=1S/C24H31F2NO2/c1-22(8-10-23(11-9-22)15-24(23,25)26)16-29-20-7-6-18(14-19(20)17-4-5-17)21(28)27-12-2-3-13-27/h6-7,14,17H,2-5,8-13,15-16H2,1H3. The van der Waals surface area contributed by atoms with Gasteiger partial charge in [-0.2, -0.15) is 0 Å². The Morgan fingerprint density at radius 1 is 1.14 bits per heavy atom. The van der Waals surface area contributed by atoms with Crippen molar-refractivity contribution in [3.05, 3.63) is 29.3 Å². The van der Waals surface area contributed by atoms with Gasteiger partial charge in [-0.15, -0.1) is 0 Å². The molecule has 5 heteroatoms. The molecule has 1 heterocycles. The van der Waals surface area contributed by atoms with Crippen LogP contribution in [0.1, 0.15) is 86.6 Å². The minimum atomic E-state index is -2.44. The van der Waals surface area contributed by atoms with Gasteiger partial charge in [-0.1, -0.05) is 6.92 Å². The van der Waals surface area contributed by atoms with Crippen molar-refractivity contribution >= 4 is 5.91 Å². The van der Waals surface area contributed by atoms with Crippen LogP contribution in [-0.2, 0) is 0 Å². The Morgan fingerprint density at radius 2 is 1.79 bits per heavy atom. The number of carbonyl (C=O) groups excluding carboxylic acids is 1. The molecule has 0 unspecified atom stereocenters. The number of amides is 1. The Hall–Kier alpha value is -1.65. The highest BCUT2D eigenvalue weighted by molar-refractivity contribution is 5.94. The molecule has 29 heavy (non-hydrogen) atoms. The molecule has 158 valence electrons. The Balaban J connectivity index is 1.26. The number of hydrogen-bond acceptors (Lipinski definition) is 2. The predicted molar refractivity (Wildman–Crippen MR) is 108 cm³/mol. The highest BCUT2D eigenvalue weighted by Gasteiger charge is 2.71. The quantitative estimate of drug-likeness (QED) is 0.623. The summed E-state index contributed by atoms with van der Waals surface area (Å²) >= 11 is 0. The van der Waals surface area contributed by atoms with Gasteiger partial charge >= 0.3 is 0 Å². The third-order valence-corrected chi connectivity index (χ3v) is 7.87. The smallest absolute Gasteiger partial charge is 0.254 e. The summed E-state index contributed by atoms with van der Waals surface area (Å²) < 4.78 is 33.6. The van der Waals surface area contributed by atoms with Gasteiger partial charge in [0.15, 0.2) is 0 Å². The topological polar surface area (TPSA) is 29.5 Å². The zero-order chi connectivity index (χ0) is 20.3. The second kappa shape index (κ2) is 6.68. The minimum Gasteiger partial charge on any atom is -0.493 e. The first-order valence-corrected chi connectivity index (χ1v) is 11.2. The number of rotatable bonds is 5. The lowest BCUT2D eigenvalue weighted by Gasteiger charge is -2.37. The minimum absolute atomic E-state index is 0.0468. The Labute approximate surface area is 171 Å². The summed E-state index contributed by atoms with van der Waals surface area (Å²) in [6.45, 7) is 4.44. The van der Waals surface area contributed by atoms with Crippen molar-refractivity contribution in [2.24, 2.45) is 10.8 Å². The summed E-state index contributed by atoms with van der Waals surface area (Å²) in [5, 5.41) is 0. The summed E-state index contributed by atoms with van der Waals surface area (Å²) in [5.41, 5.74) is 1.17. The van der Waals surface area contributed by atoms with Gasteiger partial charge in [0.05, 0.1) is 6.61 Å². The number of alkyl halides is 2. The van der Waals surface area contributed by atoms with Crippen LogP contribution in [0.3, 0.4) is 0 Å². The molecular formula is C24H31F2NO2. The van der Waals surface area contributed by atoms with E-state index in [0.29, 0.717) is 25.4 Å². The van der Waals surface area contributed by atoms with Gasteiger partial charge in [0.25, 0.3) is 11.8 Å². The number of carbonyl (C=O) groups is 1. The molecule has 1 aliphatic heterocycles. The average Bonchev–Trinajstić information content (AvgIpc) is 3.56. The molecule has 0 radical (unpaired) electrons. The number of nitrogens with zero attached hydrogens (tertiary/aromatic N) is 1. The van der Waals surface area contributed by atoms with E-state index in [4.69, 9.17) is 4.74 Å². The Kier molecular flexibility index (Phi) is 4.45. The van der Waals surface area contributed by atoms with E-state index < -0.39 is 11.3 Å². The van der Waals surface area contributed by atoms with Gasteiger partial charge in [0, 0.05) is 35.9 Å². The lowest BCUT2D eigenvalue weighted by molar-refractivity contribution is 0.0130. The van der Waals surface area contributed by atoms with Crippen LogP contribution in [0.25, 0.3) is 0 Å². The van der Waals surface area contributed by atoms with Crippen LogP contribution in [0.15, 0.2) is 18.2 Å². The fraction of sp³-hybridized carbons (Fsp3) is 0.708. The average molecular weight is 404 g/mol. The van der Waals surface area contributed by atoms with Gasteiger partial charge in [-0.05, 0) is 81.0 Å². The molecule has 0 atom stereocenters. The van der Waals surface area contributed by atoms with E-state index in [1.807, 2.05) is 23.1 Å². The maximum absolute atomic E-state index is 13.7. The summed E-state index contributed by atoms with van der Waals surface area (Å²) in [6.07, 6.45) is 7.37. The van der Waals surface area contributed by atoms with Gasteiger partial charge in [0.2, 0.25) is 0 Å². The number of hydrogen-bond donors (Lipinski definition) is 0. The van der Waals surface area contributed by atoms with E-state index in [-0.39, 0.29) is 17.7 Å². The summed E-state index contributed by atoms with van der Waals surface area (Å²) in [6, 6.07) is 5.89. The highest BCUT2D eigenvalue weighted by Crippen LogP contribution is 2.69. The van der Waals surface area contributed by atoms with Crippen molar-refractivity contribution in [2.45, 2.75) is 76.6 Å². The van der Waals surface area contributed by atoms with Gasteiger partial charge in [0.1, 0.15) is 5.75 Å². The maximum atomic E-state index is 13.7. The van der Waals surface area contributed by atoms with Crippen molar-refractivity contribution in [2.75, 3.05) is 19.7 Å². The second-order valence-electron chi connectivity index (χ2n) is 10.3. The van der Waals surface area contributed by atoms with E-state index >= 15 is 0 Å². The van der Waals surface area contributed by atoms with Crippen molar-refractivity contribution in [3.8, 4) is 5.75 Å². The maximum Gasteiger partial charge on any atom is 0.254 e. The molecule has 1 saturated heterocycles. The molecule has 3 saturated carbocycles. The van der Waals surface area contributed by atoms with Crippen LogP contribution in [0.5, 0.6) is 5.75 Å². The molecule has 5 rings (SSSR count). The fourth-order valence-electron chi connectivity index (χ4n) is 5.28. The molecule has 3 aliphatic carbocycles. The Bertz CT molecular complexity index is 803. The van der Waals surface area contributed by atoms with Gasteiger partial charge in [-0.25, -0.2) is 8.78 Å². The molecular weight excluding hydrogens is 372 g/mol. The van der Waals surface area contributed by atoms with Crippen molar-refractivity contribution in [1.82, 2.24) is 4.90 Å². The van der Waals surface area contributed by atoms with Crippen molar-refractivity contribution in [1.29, 1.82) is 0 Å². The number of ether oxygens (including phenoxy) is 1. The molecule has 4 fully saturated rings. The van der Waals surface area contributed by atoms with E-state index in [9.17, 15) is 13.6 Å². The zero-order valence-electron chi connectivity index (χ0n) is 17.3. The number of benzene rings is 1. The fourth-order valence-corrected chi connectivity index (χ4v) is 5.28. The van der Waals surface area contributed by atoms with Crippen molar-refractivity contribution in [3.63, 3.8) is 0 Å². The SMILES string of the molecule is CC1(COc2ccc(C(=O)N3CCCC3)cc2C2CC2)CCC2(CC1)CC2(F)F. The molecule has 1 amide bonds. The van der Waals surface area contributed by atoms with Gasteiger partial charge < -0.3 is 9.64 Å². The number of likely N-dealkylation sites (tertiary alicyclic amines) is 1. The van der Waals surface area contributed by atoms with Crippen LogP contribution < -0.4 is 4.74 Å². The highest BCUT2D eigenvalue weighted by atomic mass is 19.3. The molecule has 1 spiro atoms. The van der Waals surface area contributed by atoms with E-state index in [1.54, 1.807) is 0 Å².